The fourth-order valence-electron chi connectivity index (χ4n) is 3.21. The highest BCUT2D eigenvalue weighted by atomic mass is 19.1. The Morgan fingerprint density at radius 2 is 1.83 bits per heavy atom. The van der Waals surface area contributed by atoms with Crippen LogP contribution in [0.3, 0.4) is 0 Å². The quantitative estimate of drug-likeness (QED) is 0.868. The molecule has 1 aromatic carbocycles. The number of fused-ring (bicyclic) bond motifs is 2. The van der Waals surface area contributed by atoms with Crippen molar-refractivity contribution in [2.75, 3.05) is 13.1 Å². The van der Waals surface area contributed by atoms with E-state index >= 15 is 0 Å². The minimum absolute atomic E-state index is 0.219. The van der Waals surface area contributed by atoms with Crippen LogP contribution in [0.1, 0.15) is 24.8 Å². The molecule has 2 fully saturated rings. The molecule has 2 aliphatic heterocycles. The summed E-state index contributed by atoms with van der Waals surface area (Å²) in [5.41, 5.74) is 0.219. The van der Waals surface area contributed by atoms with Gasteiger partial charge in [-0.25, -0.2) is 8.78 Å². The van der Waals surface area contributed by atoms with Gasteiger partial charge in [0.25, 0.3) is 0 Å². The Morgan fingerprint density at radius 1 is 1.11 bits per heavy atom. The van der Waals surface area contributed by atoms with Gasteiger partial charge in [0.2, 0.25) is 0 Å². The summed E-state index contributed by atoms with van der Waals surface area (Å²) in [6.45, 7) is 2.35. The molecule has 1 N–H and O–H groups in total. The molecule has 2 saturated heterocycles. The van der Waals surface area contributed by atoms with Crippen LogP contribution in [0.15, 0.2) is 18.2 Å². The molecule has 1 aromatic rings. The number of nitrogens with one attached hydrogen (secondary N) is 1. The molecule has 18 heavy (non-hydrogen) atoms. The third-order valence-corrected chi connectivity index (χ3v) is 4.21. The van der Waals surface area contributed by atoms with Crippen molar-refractivity contribution in [3.05, 3.63) is 35.4 Å². The Hall–Kier alpha value is -1.00. The van der Waals surface area contributed by atoms with Gasteiger partial charge < -0.3 is 5.32 Å². The number of halogens is 2. The summed E-state index contributed by atoms with van der Waals surface area (Å²) in [6, 6.07) is 5.01. The fourth-order valence-corrected chi connectivity index (χ4v) is 3.21. The zero-order valence-corrected chi connectivity index (χ0v) is 10.3. The lowest BCUT2D eigenvalue weighted by atomic mass is 10.1. The van der Waals surface area contributed by atoms with E-state index in [1.807, 2.05) is 0 Å². The molecule has 2 unspecified atom stereocenters. The summed E-state index contributed by atoms with van der Waals surface area (Å²) < 4.78 is 27.4. The van der Waals surface area contributed by atoms with Crippen LogP contribution in [0, 0.1) is 11.6 Å². The van der Waals surface area contributed by atoms with Crippen molar-refractivity contribution in [3.8, 4) is 0 Å². The molecule has 0 radical (unpaired) electrons. The molecule has 0 aromatic heterocycles. The summed E-state index contributed by atoms with van der Waals surface area (Å²) in [5, 5.41) is 3.39. The van der Waals surface area contributed by atoms with Crippen LogP contribution in [0.25, 0.3) is 0 Å². The van der Waals surface area contributed by atoms with Gasteiger partial charge in [0.05, 0.1) is 0 Å². The van der Waals surface area contributed by atoms with Crippen molar-refractivity contribution >= 4 is 0 Å². The zero-order valence-electron chi connectivity index (χ0n) is 10.3. The highest BCUT2D eigenvalue weighted by Crippen LogP contribution is 2.30. The van der Waals surface area contributed by atoms with E-state index in [0.717, 1.165) is 32.4 Å². The largest absolute Gasteiger partial charge is 0.315 e. The SMILES string of the molecule is Fc1cccc(F)c1CN1C2CCNCC1CC2. The second-order valence-corrected chi connectivity index (χ2v) is 5.25. The highest BCUT2D eigenvalue weighted by Gasteiger charge is 2.35. The molecule has 2 aliphatic rings. The van der Waals surface area contributed by atoms with Crippen LogP contribution in [0.5, 0.6) is 0 Å². The molecule has 3 rings (SSSR count). The van der Waals surface area contributed by atoms with Gasteiger partial charge in [0.15, 0.2) is 0 Å². The average molecular weight is 252 g/mol. The minimum Gasteiger partial charge on any atom is -0.315 e. The second kappa shape index (κ2) is 4.94. The number of hydrogen-bond acceptors (Lipinski definition) is 2. The number of nitrogens with zero attached hydrogens (tertiary/aromatic N) is 1. The molecule has 98 valence electrons. The van der Waals surface area contributed by atoms with Crippen molar-refractivity contribution in [2.24, 2.45) is 0 Å². The summed E-state index contributed by atoms with van der Waals surface area (Å²) >= 11 is 0. The number of rotatable bonds is 2. The van der Waals surface area contributed by atoms with Crippen molar-refractivity contribution in [2.45, 2.75) is 37.9 Å². The average Bonchev–Trinajstić information content (AvgIpc) is 2.57. The van der Waals surface area contributed by atoms with Crippen LogP contribution in [-0.2, 0) is 6.54 Å². The van der Waals surface area contributed by atoms with E-state index in [1.165, 1.54) is 18.2 Å². The topological polar surface area (TPSA) is 15.3 Å². The monoisotopic (exact) mass is 252 g/mol. The summed E-state index contributed by atoms with van der Waals surface area (Å²) in [4.78, 5) is 2.28. The first-order valence-electron chi connectivity index (χ1n) is 6.65. The molecule has 4 heteroatoms. The van der Waals surface area contributed by atoms with Gasteiger partial charge in [-0.3, -0.25) is 4.90 Å². The van der Waals surface area contributed by atoms with Gasteiger partial charge in [-0.05, 0) is 37.9 Å². The molecular formula is C14H18F2N2. The van der Waals surface area contributed by atoms with Gasteiger partial charge in [-0.15, -0.1) is 0 Å². The molecular weight excluding hydrogens is 234 g/mol. The van der Waals surface area contributed by atoms with Crippen LogP contribution < -0.4 is 5.32 Å². The van der Waals surface area contributed by atoms with E-state index in [4.69, 9.17) is 0 Å². The predicted octanol–water partition coefficient (Wildman–Crippen LogP) is 2.29. The summed E-state index contributed by atoms with van der Waals surface area (Å²) in [5.74, 6) is -0.849. The molecule has 2 nitrogen and oxygen atoms in total. The smallest absolute Gasteiger partial charge is 0.130 e. The normalized spacial score (nSPS) is 28.3. The number of hydrogen-bond donors (Lipinski definition) is 1. The van der Waals surface area contributed by atoms with E-state index in [9.17, 15) is 8.78 Å². The van der Waals surface area contributed by atoms with Crippen molar-refractivity contribution in [1.82, 2.24) is 10.2 Å². The van der Waals surface area contributed by atoms with Crippen LogP contribution in [0.2, 0.25) is 0 Å². The first kappa shape index (κ1) is 12.1. The Balaban J connectivity index is 1.83. The third-order valence-electron chi connectivity index (χ3n) is 4.21. The van der Waals surface area contributed by atoms with Gasteiger partial charge in [-0.1, -0.05) is 6.07 Å². The Bertz CT molecular complexity index is 402. The van der Waals surface area contributed by atoms with Gasteiger partial charge in [-0.2, -0.15) is 0 Å². The molecule has 0 aliphatic carbocycles. The van der Waals surface area contributed by atoms with E-state index < -0.39 is 11.6 Å². The maximum atomic E-state index is 13.7. The number of benzene rings is 1. The van der Waals surface area contributed by atoms with E-state index in [1.54, 1.807) is 0 Å². The highest BCUT2D eigenvalue weighted by molar-refractivity contribution is 5.20. The first-order valence-corrected chi connectivity index (χ1v) is 6.65. The van der Waals surface area contributed by atoms with E-state index in [2.05, 4.69) is 10.2 Å². The predicted molar refractivity (Wildman–Crippen MR) is 66.2 cm³/mol. The third kappa shape index (κ3) is 2.15. The van der Waals surface area contributed by atoms with Gasteiger partial charge in [0, 0.05) is 30.7 Å². The first-order chi connectivity index (χ1) is 8.75. The van der Waals surface area contributed by atoms with E-state index in [-0.39, 0.29) is 5.56 Å². The van der Waals surface area contributed by atoms with Crippen molar-refractivity contribution in [3.63, 3.8) is 0 Å². The van der Waals surface area contributed by atoms with Gasteiger partial charge in [0.1, 0.15) is 11.6 Å². The van der Waals surface area contributed by atoms with Crippen LogP contribution in [-0.4, -0.2) is 30.1 Å². The van der Waals surface area contributed by atoms with Crippen LogP contribution >= 0.6 is 0 Å². The van der Waals surface area contributed by atoms with E-state index in [0.29, 0.717) is 18.6 Å². The Kier molecular flexibility index (Phi) is 3.31. The molecule has 2 heterocycles. The lowest BCUT2D eigenvalue weighted by Crippen LogP contribution is -2.37. The Morgan fingerprint density at radius 3 is 2.61 bits per heavy atom. The molecule has 2 bridgehead atoms. The molecule has 0 saturated carbocycles. The lowest BCUT2D eigenvalue weighted by molar-refractivity contribution is 0.188. The second-order valence-electron chi connectivity index (χ2n) is 5.25. The molecule has 0 spiro atoms. The van der Waals surface area contributed by atoms with Crippen molar-refractivity contribution in [1.29, 1.82) is 0 Å². The molecule has 0 amide bonds. The van der Waals surface area contributed by atoms with Crippen LogP contribution in [0.4, 0.5) is 8.78 Å². The summed E-state index contributed by atoms with van der Waals surface area (Å²) in [6.07, 6.45) is 3.36. The standard InChI is InChI=1S/C14H18F2N2/c15-13-2-1-3-14(16)12(13)9-18-10-4-5-11(18)8-17-7-6-10/h1-3,10-11,17H,4-9H2. The lowest BCUT2D eigenvalue weighted by Gasteiger charge is -2.27. The van der Waals surface area contributed by atoms with Gasteiger partial charge >= 0.3 is 0 Å². The van der Waals surface area contributed by atoms with Crippen molar-refractivity contribution < 1.29 is 8.78 Å². The summed E-state index contributed by atoms with van der Waals surface area (Å²) in [7, 11) is 0. The zero-order chi connectivity index (χ0) is 12.5. The minimum atomic E-state index is -0.424. The Labute approximate surface area is 106 Å². The molecule has 2 atom stereocenters. The maximum absolute atomic E-state index is 13.7. The maximum Gasteiger partial charge on any atom is 0.130 e. The fraction of sp³-hybridized carbons (Fsp3) is 0.571.